The molecule has 3 rings (SSSR count). The minimum atomic E-state index is -2.83. The van der Waals surface area contributed by atoms with E-state index in [4.69, 9.17) is 20.4 Å². The lowest BCUT2D eigenvalue weighted by Gasteiger charge is -2.18. The molecule has 0 aliphatic rings. The zero-order valence-electron chi connectivity index (χ0n) is 18.7. The Hall–Kier alpha value is -3.21. The molecule has 0 heterocycles. The van der Waals surface area contributed by atoms with Crippen molar-refractivity contribution in [1.29, 1.82) is 5.41 Å². The van der Waals surface area contributed by atoms with Crippen molar-refractivity contribution in [2.45, 2.75) is 25.9 Å². The minimum absolute atomic E-state index is 0.0483. The number of nitrogen functional groups attached to an aromatic ring is 1. The van der Waals surface area contributed by atoms with Gasteiger partial charge in [-0.2, -0.15) is 0 Å². The molecule has 3 aromatic rings. The highest BCUT2D eigenvalue weighted by molar-refractivity contribution is 7.58. The van der Waals surface area contributed by atoms with Crippen molar-refractivity contribution in [2.75, 3.05) is 12.8 Å². The molecule has 0 amide bonds. The van der Waals surface area contributed by atoms with Crippen LogP contribution < -0.4 is 10.5 Å². The van der Waals surface area contributed by atoms with Gasteiger partial charge in [-0.15, -0.1) is 0 Å². The third kappa shape index (κ3) is 7.41. The molecular weight excluding hydrogens is 435 g/mol. The normalized spacial score (nSPS) is 12.6. The lowest BCUT2D eigenvalue weighted by atomic mass is 10.1. The second kappa shape index (κ2) is 11.6. The Bertz CT molecular complexity index is 1110. The van der Waals surface area contributed by atoms with Gasteiger partial charge in [0.2, 0.25) is 7.37 Å². The maximum absolute atomic E-state index is 13.4. The van der Waals surface area contributed by atoms with Crippen LogP contribution in [0.2, 0.25) is 0 Å². The van der Waals surface area contributed by atoms with Gasteiger partial charge in [0.05, 0.1) is 12.2 Å². The van der Waals surface area contributed by atoms with E-state index in [1.165, 1.54) is 5.56 Å². The predicted octanol–water partition coefficient (Wildman–Crippen LogP) is 5.64. The van der Waals surface area contributed by atoms with Gasteiger partial charge >= 0.3 is 5.97 Å². The Labute approximate surface area is 194 Å². The number of nitrogens with two attached hydrogens (primary N) is 1. The van der Waals surface area contributed by atoms with Crippen molar-refractivity contribution in [3.05, 3.63) is 101 Å². The Balaban J connectivity index is 1.59. The van der Waals surface area contributed by atoms with Gasteiger partial charge in [0.1, 0.15) is 11.6 Å². The number of rotatable bonds is 11. The van der Waals surface area contributed by atoms with Crippen molar-refractivity contribution in [3.63, 3.8) is 0 Å². The van der Waals surface area contributed by atoms with Gasteiger partial charge in [-0.1, -0.05) is 42.5 Å². The van der Waals surface area contributed by atoms with E-state index in [9.17, 15) is 9.36 Å². The van der Waals surface area contributed by atoms with Gasteiger partial charge in [0.25, 0.3) is 0 Å². The molecule has 0 aliphatic heterocycles. The highest BCUT2D eigenvalue weighted by Gasteiger charge is 2.23. The van der Waals surface area contributed by atoms with Crippen molar-refractivity contribution in [1.82, 2.24) is 0 Å². The smallest absolute Gasteiger partial charge is 0.343 e. The van der Waals surface area contributed by atoms with E-state index >= 15 is 0 Å². The molecule has 0 aromatic heterocycles. The lowest BCUT2D eigenvalue weighted by Crippen LogP contribution is -2.11. The number of esters is 1. The molecule has 0 aliphatic carbocycles. The third-order valence-corrected chi connectivity index (χ3v) is 7.73. The number of hydrogen-bond acceptors (Lipinski definition) is 5. The number of carbonyl (C=O) groups is 1. The molecule has 0 spiro atoms. The Morgan fingerprint density at radius 3 is 2.15 bits per heavy atom. The average Bonchev–Trinajstić information content (AvgIpc) is 2.80. The largest absolute Gasteiger partial charge is 0.423 e. The zero-order chi connectivity index (χ0) is 23.7. The standard InChI is InChI=1S/C26H29N2O4P/c1-2-31-33(30,18-6-9-20-7-4-3-5-8-20)19-21-10-12-23(13-11-21)26(29)32-24-16-14-22(15-17-24)25(27)28/h3-5,7-8,10-17H,2,6,9,18-19H2,1H3,(H3,27,28). The van der Waals surface area contributed by atoms with Gasteiger partial charge in [-0.3, -0.25) is 9.97 Å². The summed E-state index contributed by atoms with van der Waals surface area (Å²) in [4.78, 5) is 12.4. The van der Waals surface area contributed by atoms with E-state index in [0.717, 1.165) is 18.4 Å². The van der Waals surface area contributed by atoms with E-state index in [2.05, 4.69) is 12.1 Å². The monoisotopic (exact) mass is 464 g/mol. The highest BCUT2D eigenvalue weighted by Crippen LogP contribution is 2.50. The molecule has 6 nitrogen and oxygen atoms in total. The Morgan fingerprint density at radius 1 is 0.909 bits per heavy atom. The van der Waals surface area contributed by atoms with Crippen LogP contribution >= 0.6 is 7.37 Å². The number of hydrogen-bond donors (Lipinski definition) is 2. The first kappa shape index (κ1) is 24.4. The maximum atomic E-state index is 13.4. The van der Waals surface area contributed by atoms with Crippen molar-refractivity contribution >= 4 is 19.2 Å². The quantitative estimate of drug-likeness (QED) is 0.126. The summed E-state index contributed by atoms with van der Waals surface area (Å²) in [5, 5.41) is 7.41. The molecule has 0 saturated heterocycles. The summed E-state index contributed by atoms with van der Waals surface area (Å²) in [5.41, 5.74) is 8.46. The Morgan fingerprint density at radius 2 is 1.55 bits per heavy atom. The van der Waals surface area contributed by atoms with Gasteiger partial charge in [-0.25, -0.2) is 4.79 Å². The summed E-state index contributed by atoms with van der Waals surface area (Å²) in [6.45, 7) is 2.25. The van der Waals surface area contributed by atoms with Crippen LogP contribution in [-0.2, 0) is 21.7 Å². The molecule has 7 heteroatoms. The zero-order valence-corrected chi connectivity index (χ0v) is 19.6. The highest BCUT2D eigenvalue weighted by atomic mass is 31.2. The van der Waals surface area contributed by atoms with E-state index in [-0.39, 0.29) is 5.84 Å². The molecular formula is C26H29N2O4P. The molecule has 0 bridgehead atoms. The topological polar surface area (TPSA) is 102 Å². The predicted molar refractivity (Wildman–Crippen MR) is 131 cm³/mol. The fraction of sp³-hybridized carbons (Fsp3) is 0.231. The lowest BCUT2D eigenvalue weighted by molar-refractivity contribution is 0.0734. The molecule has 33 heavy (non-hydrogen) atoms. The van der Waals surface area contributed by atoms with Crippen LogP contribution in [-0.4, -0.2) is 24.6 Å². The van der Waals surface area contributed by atoms with Crippen molar-refractivity contribution < 1.29 is 18.6 Å². The van der Waals surface area contributed by atoms with Crippen molar-refractivity contribution in [2.24, 2.45) is 5.73 Å². The summed E-state index contributed by atoms with van der Waals surface area (Å²) in [7, 11) is -2.83. The van der Waals surface area contributed by atoms with E-state index in [1.54, 1.807) is 48.5 Å². The van der Waals surface area contributed by atoms with Crippen LogP contribution in [0.15, 0.2) is 78.9 Å². The van der Waals surface area contributed by atoms with Gasteiger partial charge in [-0.05, 0) is 67.3 Å². The fourth-order valence-corrected chi connectivity index (χ4v) is 5.74. The first-order chi connectivity index (χ1) is 15.9. The van der Waals surface area contributed by atoms with Crippen LogP contribution in [0, 0.1) is 5.41 Å². The molecule has 0 radical (unpaired) electrons. The fourth-order valence-electron chi connectivity index (χ4n) is 3.49. The molecule has 0 saturated carbocycles. The average molecular weight is 465 g/mol. The van der Waals surface area contributed by atoms with Crippen LogP contribution in [0.1, 0.15) is 40.4 Å². The van der Waals surface area contributed by atoms with Gasteiger partial charge in [0, 0.05) is 17.9 Å². The molecule has 1 atom stereocenters. The van der Waals surface area contributed by atoms with Crippen LogP contribution in [0.4, 0.5) is 0 Å². The van der Waals surface area contributed by atoms with Gasteiger partial charge < -0.3 is 15.0 Å². The number of amidine groups is 1. The molecule has 172 valence electrons. The molecule has 3 N–H and O–H groups in total. The van der Waals surface area contributed by atoms with Crippen LogP contribution in [0.25, 0.3) is 0 Å². The van der Waals surface area contributed by atoms with E-state index in [0.29, 0.717) is 35.8 Å². The first-order valence-corrected chi connectivity index (χ1v) is 12.9. The Kier molecular flexibility index (Phi) is 8.58. The minimum Gasteiger partial charge on any atom is -0.423 e. The maximum Gasteiger partial charge on any atom is 0.343 e. The van der Waals surface area contributed by atoms with Crippen LogP contribution in [0.3, 0.4) is 0 Å². The number of benzene rings is 3. The van der Waals surface area contributed by atoms with E-state index in [1.807, 2.05) is 25.1 Å². The summed E-state index contributed by atoms with van der Waals surface area (Å²) >= 11 is 0. The second-order valence-corrected chi connectivity index (χ2v) is 10.4. The third-order valence-electron chi connectivity index (χ3n) is 5.16. The molecule has 1 unspecified atom stereocenters. The number of aryl methyl sites for hydroxylation is 1. The summed E-state index contributed by atoms with van der Waals surface area (Å²) < 4.78 is 24.4. The SMILES string of the molecule is CCOP(=O)(CCCc1ccccc1)Cc1ccc(C(=O)Oc2ccc(C(=N)N)cc2)cc1. The van der Waals surface area contributed by atoms with Crippen LogP contribution in [0.5, 0.6) is 5.75 Å². The second-order valence-electron chi connectivity index (χ2n) is 7.73. The molecule has 0 fully saturated rings. The first-order valence-electron chi connectivity index (χ1n) is 10.9. The number of carbonyl (C=O) groups excluding carboxylic acids is 1. The summed E-state index contributed by atoms with van der Waals surface area (Å²) in [6.07, 6.45) is 2.48. The van der Waals surface area contributed by atoms with E-state index < -0.39 is 13.3 Å². The summed E-state index contributed by atoms with van der Waals surface area (Å²) in [6, 6.07) is 23.5. The molecule has 3 aromatic carbocycles. The van der Waals surface area contributed by atoms with Gasteiger partial charge in [0.15, 0.2) is 0 Å². The number of nitrogens with one attached hydrogen (secondary N) is 1. The van der Waals surface area contributed by atoms with Crippen molar-refractivity contribution in [3.8, 4) is 5.75 Å². The number of ether oxygens (including phenoxy) is 1. The summed E-state index contributed by atoms with van der Waals surface area (Å²) in [5.74, 6) is -0.172.